The summed E-state index contributed by atoms with van der Waals surface area (Å²) < 4.78 is 21.3. The lowest BCUT2D eigenvalue weighted by molar-refractivity contribution is -0.166. The average Bonchev–Trinajstić information content (AvgIpc) is 2.52. The van der Waals surface area contributed by atoms with Crippen molar-refractivity contribution < 1.29 is 28.8 Å². The second kappa shape index (κ2) is 10.4. The Hall–Kier alpha value is -1.37. The summed E-state index contributed by atoms with van der Waals surface area (Å²) in [6.45, 7) is 8.79. The van der Waals surface area contributed by atoms with E-state index in [1.165, 1.54) is 6.08 Å². The number of hydrogen-bond acceptors (Lipinski definition) is 6. The molecule has 0 aromatic heterocycles. The van der Waals surface area contributed by atoms with Gasteiger partial charge in [-0.1, -0.05) is 26.5 Å². The van der Waals surface area contributed by atoms with Gasteiger partial charge in [0.05, 0.1) is 26.4 Å². The van der Waals surface area contributed by atoms with Crippen molar-refractivity contribution in [3.05, 3.63) is 24.5 Å². The molecule has 0 unspecified atom stereocenters. The number of rotatable bonds is 10. The second-order valence-electron chi connectivity index (χ2n) is 5.32. The number of hydrogen-bond donors (Lipinski definition) is 1. The smallest absolute Gasteiger partial charge is 0.373 e. The zero-order chi connectivity index (χ0) is 16.4. The van der Waals surface area contributed by atoms with Crippen LogP contribution >= 0.6 is 0 Å². The first-order valence-electron chi connectivity index (χ1n) is 7.55. The van der Waals surface area contributed by atoms with Crippen molar-refractivity contribution in [3.8, 4) is 0 Å². The maximum atomic E-state index is 11.9. The topological polar surface area (TPSA) is 74.2 Å². The lowest BCUT2D eigenvalue weighted by atomic mass is 9.90. The number of allylic oxidation sites excluding steroid dienone is 1. The standard InChI is InChI=1S/C16H26O6/c1-4-6-21-16(18)14-10-13(12(2)3)11-15(22-14)20-9-8-19-7-5-17/h4,10,12-13,15,17H,1,5-9,11H2,2-3H3/t13-,15+/m0/s1. The molecule has 22 heavy (non-hydrogen) atoms. The van der Waals surface area contributed by atoms with Gasteiger partial charge in [-0.25, -0.2) is 4.79 Å². The number of aliphatic hydroxyl groups is 1. The predicted octanol–water partition coefficient (Wildman–Crippen LogP) is 1.64. The highest BCUT2D eigenvalue weighted by Gasteiger charge is 2.29. The van der Waals surface area contributed by atoms with Crippen LogP contribution in [0.5, 0.6) is 0 Å². The first-order valence-corrected chi connectivity index (χ1v) is 7.55. The summed E-state index contributed by atoms with van der Waals surface area (Å²) in [6.07, 6.45) is 3.49. The first-order chi connectivity index (χ1) is 10.6. The molecule has 0 radical (unpaired) electrons. The normalized spacial score (nSPS) is 21.2. The number of esters is 1. The van der Waals surface area contributed by atoms with E-state index < -0.39 is 12.3 Å². The van der Waals surface area contributed by atoms with E-state index in [9.17, 15) is 4.79 Å². The fourth-order valence-electron chi connectivity index (χ4n) is 2.01. The Labute approximate surface area is 131 Å². The van der Waals surface area contributed by atoms with Crippen LogP contribution in [0.25, 0.3) is 0 Å². The van der Waals surface area contributed by atoms with Crippen molar-refractivity contribution in [2.24, 2.45) is 11.8 Å². The molecule has 0 fully saturated rings. The minimum Gasteiger partial charge on any atom is -0.458 e. The van der Waals surface area contributed by atoms with Gasteiger partial charge in [0.25, 0.3) is 0 Å². The highest BCUT2D eigenvalue weighted by atomic mass is 16.7. The van der Waals surface area contributed by atoms with Crippen molar-refractivity contribution in [1.29, 1.82) is 0 Å². The van der Waals surface area contributed by atoms with Gasteiger partial charge in [0.2, 0.25) is 12.0 Å². The Morgan fingerprint density at radius 1 is 1.50 bits per heavy atom. The summed E-state index contributed by atoms with van der Waals surface area (Å²) >= 11 is 0. The molecule has 1 aliphatic rings. The van der Waals surface area contributed by atoms with E-state index in [-0.39, 0.29) is 31.5 Å². The summed E-state index contributed by atoms with van der Waals surface area (Å²) in [5, 5.41) is 8.62. The fourth-order valence-corrected chi connectivity index (χ4v) is 2.01. The Kier molecular flexibility index (Phi) is 8.81. The van der Waals surface area contributed by atoms with Gasteiger partial charge >= 0.3 is 5.97 Å². The third-order valence-electron chi connectivity index (χ3n) is 3.25. The number of carbonyl (C=O) groups excluding carboxylic acids is 1. The molecule has 2 atom stereocenters. The van der Waals surface area contributed by atoms with Gasteiger partial charge in [-0.05, 0) is 17.9 Å². The highest BCUT2D eigenvalue weighted by molar-refractivity contribution is 5.86. The van der Waals surface area contributed by atoms with E-state index in [0.717, 1.165) is 0 Å². The molecule has 126 valence electrons. The third kappa shape index (κ3) is 6.60. The summed E-state index contributed by atoms with van der Waals surface area (Å²) in [6, 6.07) is 0. The van der Waals surface area contributed by atoms with Gasteiger partial charge in [-0.3, -0.25) is 0 Å². The van der Waals surface area contributed by atoms with Crippen molar-refractivity contribution >= 4 is 5.97 Å². The SMILES string of the molecule is C=CCOC(=O)C1=C[C@H](C(C)C)C[C@H](OCCOCCO)O1. The second-order valence-corrected chi connectivity index (χ2v) is 5.32. The Bertz CT molecular complexity index is 377. The fraction of sp³-hybridized carbons (Fsp3) is 0.688. The minimum absolute atomic E-state index is 0.0165. The Balaban J connectivity index is 2.53. The van der Waals surface area contributed by atoms with Crippen LogP contribution in [-0.4, -0.2) is 50.4 Å². The van der Waals surface area contributed by atoms with Gasteiger partial charge in [0, 0.05) is 6.42 Å². The summed E-state index contributed by atoms with van der Waals surface area (Å²) in [5.74, 6) is 0.231. The van der Waals surface area contributed by atoms with Gasteiger partial charge in [-0.15, -0.1) is 0 Å². The zero-order valence-corrected chi connectivity index (χ0v) is 13.3. The number of aliphatic hydroxyl groups excluding tert-OH is 1. The van der Waals surface area contributed by atoms with E-state index in [4.69, 9.17) is 24.1 Å². The largest absolute Gasteiger partial charge is 0.458 e. The van der Waals surface area contributed by atoms with Gasteiger partial charge in [0.15, 0.2) is 0 Å². The molecule has 6 heteroatoms. The van der Waals surface area contributed by atoms with Crippen molar-refractivity contribution in [2.45, 2.75) is 26.6 Å². The molecule has 0 spiro atoms. The van der Waals surface area contributed by atoms with E-state index in [1.54, 1.807) is 6.08 Å². The lowest BCUT2D eigenvalue weighted by Gasteiger charge is -2.30. The van der Waals surface area contributed by atoms with Crippen molar-refractivity contribution in [2.75, 3.05) is 33.0 Å². The van der Waals surface area contributed by atoms with Crippen LogP contribution in [0, 0.1) is 11.8 Å². The summed E-state index contributed by atoms with van der Waals surface area (Å²) in [5.41, 5.74) is 0. The van der Waals surface area contributed by atoms with Crippen LogP contribution in [0.15, 0.2) is 24.5 Å². The predicted molar refractivity (Wildman–Crippen MR) is 80.9 cm³/mol. The van der Waals surface area contributed by atoms with Gasteiger partial charge < -0.3 is 24.1 Å². The van der Waals surface area contributed by atoms with E-state index in [0.29, 0.717) is 25.6 Å². The maximum absolute atomic E-state index is 11.9. The Morgan fingerprint density at radius 2 is 2.27 bits per heavy atom. The van der Waals surface area contributed by atoms with Gasteiger partial charge in [0.1, 0.15) is 6.61 Å². The maximum Gasteiger partial charge on any atom is 0.373 e. The summed E-state index contributed by atoms with van der Waals surface area (Å²) in [7, 11) is 0. The van der Waals surface area contributed by atoms with Crippen molar-refractivity contribution in [3.63, 3.8) is 0 Å². The molecular formula is C16H26O6. The molecule has 1 aliphatic heterocycles. The first kappa shape index (κ1) is 18.7. The molecule has 1 rings (SSSR count). The van der Waals surface area contributed by atoms with E-state index in [1.807, 2.05) is 0 Å². The average molecular weight is 314 g/mol. The van der Waals surface area contributed by atoms with Crippen LogP contribution in [-0.2, 0) is 23.7 Å². The van der Waals surface area contributed by atoms with Gasteiger partial charge in [-0.2, -0.15) is 0 Å². The molecule has 1 heterocycles. The molecule has 0 aromatic carbocycles. The highest BCUT2D eigenvalue weighted by Crippen LogP contribution is 2.29. The third-order valence-corrected chi connectivity index (χ3v) is 3.25. The van der Waals surface area contributed by atoms with E-state index >= 15 is 0 Å². The number of carbonyl (C=O) groups is 1. The van der Waals surface area contributed by atoms with E-state index in [2.05, 4.69) is 20.4 Å². The molecule has 0 amide bonds. The van der Waals surface area contributed by atoms with Crippen LogP contribution < -0.4 is 0 Å². The molecule has 0 aliphatic carbocycles. The molecular weight excluding hydrogens is 288 g/mol. The zero-order valence-electron chi connectivity index (χ0n) is 13.3. The molecule has 0 bridgehead atoms. The van der Waals surface area contributed by atoms with Crippen LogP contribution in [0.1, 0.15) is 20.3 Å². The molecule has 6 nitrogen and oxygen atoms in total. The molecule has 0 saturated carbocycles. The summed E-state index contributed by atoms with van der Waals surface area (Å²) in [4.78, 5) is 11.9. The number of ether oxygens (including phenoxy) is 4. The van der Waals surface area contributed by atoms with Crippen molar-refractivity contribution in [1.82, 2.24) is 0 Å². The van der Waals surface area contributed by atoms with Crippen LogP contribution in [0.4, 0.5) is 0 Å². The minimum atomic E-state index is -0.504. The molecule has 0 aromatic rings. The molecule has 0 saturated heterocycles. The molecule has 1 N–H and O–H groups in total. The quantitative estimate of drug-likeness (QED) is 0.375. The lowest BCUT2D eigenvalue weighted by Crippen LogP contribution is -2.31. The Morgan fingerprint density at radius 3 is 2.91 bits per heavy atom. The monoisotopic (exact) mass is 314 g/mol. The van der Waals surface area contributed by atoms with Crippen LogP contribution in [0.2, 0.25) is 0 Å². The van der Waals surface area contributed by atoms with Crippen LogP contribution in [0.3, 0.4) is 0 Å².